The van der Waals surface area contributed by atoms with Crippen molar-refractivity contribution in [2.75, 3.05) is 13.2 Å². The molecular formula is C16H22N4O2S. The van der Waals surface area contributed by atoms with Crippen LogP contribution in [0.4, 0.5) is 0 Å². The van der Waals surface area contributed by atoms with Gasteiger partial charge in [0, 0.05) is 29.7 Å². The summed E-state index contributed by atoms with van der Waals surface area (Å²) >= 11 is 1.45. The lowest BCUT2D eigenvalue weighted by atomic mass is 9.83. The monoisotopic (exact) mass is 334 g/mol. The molecule has 7 heteroatoms. The minimum absolute atomic E-state index is 0.0772. The van der Waals surface area contributed by atoms with Gasteiger partial charge in [0.15, 0.2) is 0 Å². The summed E-state index contributed by atoms with van der Waals surface area (Å²) < 4.78 is 0. The first-order chi connectivity index (χ1) is 11.1. The Bertz CT molecular complexity index is 618. The molecule has 124 valence electrons. The second-order valence-electron chi connectivity index (χ2n) is 5.55. The van der Waals surface area contributed by atoms with Crippen LogP contribution in [0.1, 0.15) is 32.4 Å². The number of carbonyl (C=O) groups is 1. The normalized spacial score (nSPS) is 11.4. The van der Waals surface area contributed by atoms with E-state index in [9.17, 15) is 9.90 Å². The van der Waals surface area contributed by atoms with Crippen LogP contribution < -0.4 is 5.32 Å². The van der Waals surface area contributed by atoms with Crippen molar-refractivity contribution in [2.24, 2.45) is 5.41 Å². The molecule has 0 radical (unpaired) electrons. The molecule has 0 atom stereocenters. The number of amides is 1. The molecule has 0 saturated carbocycles. The predicted molar refractivity (Wildman–Crippen MR) is 90.0 cm³/mol. The lowest BCUT2D eigenvalue weighted by Gasteiger charge is -2.29. The summed E-state index contributed by atoms with van der Waals surface area (Å²) in [5.41, 5.74) is 1.19. The van der Waals surface area contributed by atoms with Gasteiger partial charge in [0.25, 0.3) is 0 Å². The van der Waals surface area contributed by atoms with Crippen molar-refractivity contribution in [3.8, 4) is 10.7 Å². The van der Waals surface area contributed by atoms with E-state index in [1.54, 1.807) is 18.6 Å². The van der Waals surface area contributed by atoms with E-state index in [2.05, 4.69) is 20.3 Å². The largest absolute Gasteiger partial charge is 0.396 e. The van der Waals surface area contributed by atoms with Gasteiger partial charge in [0.2, 0.25) is 5.91 Å². The quantitative estimate of drug-likeness (QED) is 0.771. The Labute approximate surface area is 140 Å². The molecule has 2 heterocycles. The van der Waals surface area contributed by atoms with Crippen molar-refractivity contribution in [1.82, 2.24) is 20.3 Å². The molecule has 0 bridgehead atoms. The highest BCUT2D eigenvalue weighted by molar-refractivity contribution is 7.13. The van der Waals surface area contributed by atoms with Crippen LogP contribution in [0.3, 0.4) is 0 Å². The first-order valence-electron chi connectivity index (χ1n) is 7.71. The van der Waals surface area contributed by atoms with Gasteiger partial charge in [0.05, 0.1) is 24.9 Å². The second kappa shape index (κ2) is 8.12. The fourth-order valence-corrected chi connectivity index (χ4v) is 2.99. The molecule has 6 nitrogen and oxygen atoms in total. The number of hydrogen-bond donors (Lipinski definition) is 2. The fraction of sp³-hybridized carbons (Fsp3) is 0.500. The first-order valence-corrected chi connectivity index (χ1v) is 8.59. The van der Waals surface area contributed by atoms with Crippen LogP contribution >= 0.6 is 11.3 Å². The number of carbonyl (C=O) groups excluding carboxylic acids is 1. The summed E-state index contributed by atoms with van der Waals surface area (Å²) in [7, 11) is 0. The maximum atomic E-state index is 12.1. The zero-order valence-electron chi connectivity index (χ0n) is 13.5. The summed E-state index contributed by atoms with van der Waals surface area (Å²) in [5, 5.41) is 15.1. The standard InChI is InChI=1S/C16H22N4O2S/c1-3-16(4-2,11-21)10-19-14(22)7-12-9-23-15(20-12)13-8-17-5-6-18-13/h5-6,8-9,21H,3-4,7,10-11H2,1-2H3,(H,19,22). The zero-order valence-corrected chi connectivity index (χ0v) is 14.3. The SMILES string of the molecule is CCC(CC)(CO)CNC(=O)Cc1csc(-c2cnccn2)n1. The Morgan fingerprint density at radius 2 is 2.13 bits per heavy atom. The van der Waals surface area contributed by atoms with Crippen LogP contribution in [0.5, 0.6) is 0 Å². The van der Waals surface area contributed by atoms with Crippen LogP contribution in [0.2, 0.25) is 0 Å². The van der Waals surface area contributed by atoms with Gasteiger partial charge in [-0.25, -0.2) is 4.98 Å². The van der Waals surface area contributed by atoms with Gasteiger partial charge in [-0.1, -0.05) is 13.8 Å². The Kier molecular flexibility index (Phi) is 6.18. The molecule has 0 aliphatic heterocycles. The molecular weight excluding hydrogens is 312 g/mol. The first kappa shape index (κ1) is 17.5. The fourth-order valence-electron chi connectivity index (χ4n) is 2.21. The smallest absolute Gasteiger partial charge is 0.226 e. The van der Waals surface area contributed by atoms with Crippen molar-refractivity contribution in [3.05, 3.63) is 29.7 Å². The Hall–Kier alpha value is -1.86. The molecule has 2 aromatic rings. The van der Waals surface area contributed by atoms with Gasteiger partial charge < -0.3 is 10.4 Å². The summed E-state index contributed by atoms with van der Waals surface area (Å²) in [5.74, 6) is -0.0827. The molecule has 0 spiro atoms. The third-order valence-electron chi connectivity index (χ3n) is 4.17. The van der Waals surface area contributed by atoms with Gasteiger partial charge in [-0.2, -0.15) is 0 Å². The Morgan fingerprint density at radius 1 is 1.35 bits per heavy atom. The van der Waals surface area contributed by atoms with Gasteiger partial charge in [-0.15, -0.1) is 11.3 Å². The molecule has 2 rings (SSSR count). The molecule has 23 heavy (non-hydrogen) atoms. The maximum Gasteiger partial charge on any atom is 0.226 e. The van der Waals surface area contributed by atoms with Gasteiger partial charge in [-0.3, -0.25) is 14.8 Å². The second-order valence-corrected chi connectivity index (χ2v) is 6.41. The number of nitrogens with zero attached hydrogens (tertiary/aromatic N) is 3. The topological polar surface area (TPSA) is 88.0 Å². The lowest BCUT2D eigenvalue weighted by molar-refractivity contribution is -0.121. The minimum atomic E-state index is -0.234. The van der Waals surface area contributed by atoms with Crippen molar-refractivity contribution in [2.45, 2.75) is 33.1 Å². The van der Waals surface area contributed by atoms with E-state index in [4.69, 9.17) is 0 Å². The van der Waals surface area contributed by atoms with Crippen LogP contribution in [0, 0.1) is 5.41 Å². The summed E-state index contributed by atoms with van der Waals surface area (Å²) in [4.78, 5) is 24.7. The van der Waals surface area contributed by atoms with E-state index >= 15 is 0 Å². The van der Waals surface area contributed by atoms with Gasteiger partial charge in [0.1, 0.15) is 10.7 Å². The third-order valence-corrected chi connectivity index (χ3v) is 5.09. The minimum Gasteiger partial charge on any atom is -0.396 e. The van der Waals surface area contributed by atoms with Crippen LogP contribution in [-0.4, -0.2) is 39.1 Å². The molecule has 0 aliphatic carbocycles. The van der Waals surface area contributed by atoms with E-state index < -0.39 is 0 Å². The van der Waals surface area contributed by atoms with Crippen molar-refractivity contribution < 1.29 is 9.90 Å². The molecule has 0 fully saturated rings. The van der Waals surface area contributed by atoms with Gasteiger partial charge >= 0.3 is 0 Å². The van der Waals surface area contributed by atoms with Crippen molar-refractivity contribution >= 4 is 17.2 Å². The molecule has 0 aliphatic rings. The maximum absolute atomic E-state index is 12.1. The van der Waals surface area contributed by atoms with Crippen LogP contribution in [-0.2, 0) is 11.2 Å². The summed E-state index contributed by atoms with van der Waals surface area (Å²) in [6.07, 6.45) is 6.77. The lowest BCUT2D eigenvalue weighted by Crippen LogP contribution is -2.40. The average molecular weight is 334 g/mol. The zero-order chi connectivity index (χ0) is 16.7. The van der Waals surface area contributed by atoms with E-state index in [0.717, 1.165) is 23.5 Å². The number of rotatable bonds is 8. The Morgan fingerprint density at radius 3 is 2.74 bits per heavy atom. The Balaban J connectivity index is 1.92. The van der Waals surface area contributed by atoms with E-state index in [1.807, 2.05) is 19.2 Å². The molecule has 1 amide bonds. The number of aromatic nitrogens is 3. The number of aliphatic hydroxyl groups is 1. The predicted octanol–water partition coefficient (Wildman–Crippen LogP) is 2.06. The van der Waals surface area contributed by atoms with Crippen LogP contribution in [0.25, 0.3) is 10.7 Å². The molecule has 2 aromatic heterocycles. The molecule has 0 unspecified atom stereocenters. The highest BCUT2D eigenvalue weighted by Crippen LogP contribution is 2.24. The summed E-state index contributed by atoms with van der Waals surface area (Å²) in [6.45, 7) is 4.61. The average Bonchev–Trinajstić information content (AvgIpc) is 3.06. The number of thiazole rings is 1. The van der Waals surface area contributed by atoms with Crippen molar-refractivity contribution in [1.29, 1.82) is 0 Å². The number of aliphatic hydroxyl groups excluding tert-OH is 1. The molecule has 0 aromatic carbocycles. The molecule has 0 saturated heterocycles. The highest BCUT2D eigenvalue weighted by Gasteiger charge is 2.25. The number of nitrogens with one attached hydrogen (secondary N) is 1. The van der Waals surface area contributed by atoms with Crippen molar-refractivity contribution in [3.63, 3.8) is 0 Å². The van der Waals surface area contributed by atoms with E-state index in [1.165, 1.54) is 11.3 Å². The summed E-state index contributed by atoms with van der Waals surface area (Å²) in [6, 6.07) is 0. The van der Waals surface area contributed by atoms with Crippen LogP contribution in [0.15, 0.2) is 24.0 Å². The van der Waals surface area contributed by atoms with Gasteiger partial charge in [-0.05, 0) is 12.8 Å². The molecule has 2 N–H and O–H groups in total. The highest BCUT2D eigenvalue weighted by atomic mass is 32.1. The van der Waals surface area contributed by atoms with E-state index in [-0.39, 0.29) is 24.3 Å². The van der Waals surface area contributed by atoms with E-state index in [0.29, 0.717) is 12.2 Å². The number of hydrogen-bond acceptors (Lipinski definition) is 6. The third kappa shape index (κ3) is 4.56.